The highest BCUT2D eigenvalue weighted by Gasteiger charge is 2.29. The zero-order chi connectivity index (χ0) is 14.0. The van der Waals surface area contributed by atoms with Gasteiger partial charge in [-0.1, -0.05) is 18.2 Å². The smallest absolute Gasteiger partial charge is 0.242 e. The number of hydrogen-bond acceptors (Lipinski definition) is 3. The van der Waals surface area contributed by atoms with Gasteiger partial charge in [-0.05, 0) is 25.5 Å². The van der Waals surface area contributed by atoms with Gasteiger partial charge in [-0.15, -0.1) is 0 Å². The minimum atomic E-state index is -0.735. The molecule has 0 unspecified atom stereocenters. The van der Waals surface area contributed by atoms with Crippen LogP contribution in [0.2, 0.25) is 0 Å². The Morgan fingerprint density at radius 3 is 2.74 bits per heavy atom. The lowest BCUT2D eigenvalue weighted by Crippen LogP contribution is -2.46. The molecular weight excluding hydrogens is 242 g/mol. The maximum atomic E-state index is 12.1. The highest BCUT2D eigenvalue weighted by atomic mass is 16.2. The monoisotopic (exact) mass is 261 g/mol. The molecule has 102 valence electrons. The van der Waals surface area contributed by atoms with Crippen molar-refractivity contribution in [1.29, 1.82) is 0 Å². The van der Waals surface area contributed by atoms with Crippen LogP contribution in [0.4, 0.5) is 5.69 Å². The molecule has 1 heterocycles. The molecule has 1 atom stereocenters. The average molecular weight is 261 g/mol. The van der Waals surface area contributed by atoms with E-state index >= 15 is 0 Å². The fourth-order valence-corrected chi connectivity index (χ4v) is 1.97. The van der Waals surface area contributed by atoms with Crippen LogP contribution in [0.5, 0.6) is 0 Å². The second-order valence-electron chi connectivity index (χ2n) is 5.52. The summed E-state index contributed by atoms with van der Waals surface area (Å²) in [5.74, 6) is -0.527. The summed E-state index contributed by atoms with van der Waals surface area (Å²) in [6, 6.07) is 7.57. The first-order valence-electron chi connectivity index (χ1n) is 6.32. The molecule has 2 amide bonds. The number of primary amides is 1. The molecule has 1 aliphatic rings. The van der Waals surface area contributed by atoms with Gasteiger partial charge in [0.15, 0.2) is 0 Å². The molecule has 1 aromatic carbocycles. The molecule has 5 nitrogen and oxygen atoms in total. The number of rotatable bonds is 4. The molecule has 0 saturated heterocycles. The minimum absolute atomic E-state index is 0.106. The van der Waals surface area contributed by atoms with Crippen LogP contribution in [-0.4, -0.2) is 24.4 Å². The van der Waals surface area contributed by atoms with E-state index in [4.69, 9.17) is 5.73 Å². The van der Waals surface area contributed by atoms with Gasteiger partial charge in [0.25, 0.3) is 0 Å². The highest BCUT2D eigenvalue weighted by Crippen LogP contribution is 2.25. The van der Waals surface area contributed by atoms with E-state index in [1.54, 1.807) is 13.8 Å². The lowest BCUT2D eigenvalue weighted by atomic mass is 9.92. The van der Waals surface area contributed by atoms with Crippen molar-refractivity contribution < 1.29 is 9.59 Å². The van der Waals surface area contributed by atoms with Crippen molar-refractivity contribution in [1.82, 2.24) is 5.32 Å². The average Bonchev–Trinajstić information content (AvgIpc) is 2.79. The number of hydrogen-bond donors (Lipinski definition) is 3. The number of nitrogens with two attached hydrogens (primary N) is 1. The van der Waals surface area contributed by atoms with Crippen molar-refractivity contribution in [2.45, 2.75) is 26.3 Å². The van der Waals surface area contributed by atoms with Crippen molar-refractivity contribution in [3.63, 3.8) is 0 Å². The fraction of sp³-hybridized carbons (Fsp3) is 0.429. The van der Waals surface area contributed by atoms with Crippen LogP contribution < -0.4 is 16.4 Å². The first-order valence-corrected chi connectivity index (χ1v) is 6.32. The van der Waals surface area contributed by atoms with Gasteiger partial charge in [-0.3, -0.25) is 9.59 Å². The third-order valence-electron chi connectivity index (χ3n) is 3.46. The van der Waals surface area contributed by atoms with Crippen LogP contribution in [0, 0.1) is 5.41 Å². The number of anilines is 1. The van der Waals surface area contributed by atoms with Crippen LogP contribution in [0.3, 0.4) is 0 Å². The largest absolute Gasteiger partial charge is 0.373 e. The van der Waals surface area contributed by atoms with Crippen LogP contribution in [0.25, 0.3) is 0 Å². The van der Waals surface area contributed by atoms with Gasteiger partial charge in [-0.25, -0.2) is 0 Å². The maximum Gasteiger partial charge on any atom is 0.242 e. The number of fused-ring (bicyclic) bond motifs is 1. The van der Waals surface area contributed by atoms with Gasteiger partial charge in [-0.2, -0.15) is 0 Å². The van der Waals surface area contributed by atoms with Gasteiger partial charge < -0.3 is 16.4 Å². The Balaban J connectivity index is 1.92. The zero-order valence-electron chi connectivity index (χ0n) is 11.2. The molecular formula is C14H19N3O2. The predicted molar refractivity (Wildman–Crippen MR) is 73.5 cm³/mol. The van der Waals surface area contributed by atoms with Gasteiger partial charge in [0.1, 0.15) is 6.04 Å². The third-order valence-corrected chi connectivity index (χ3v) is 3.46. The number of carbonyl (C=O) groups is 2. The molecule has 0 bridgehead atoms. The third kappa shape index (κ3) is 2.86. The van der Waals surface area contributed by atoms with Crippen LogP contribution in [0.1, 0.15) is 19.4 Å². The fourth-order valence-electron chi connectivity index (χ4n) is 1.97. The number of carbonyl (C=O) groups excluding carboxylic acids is 2. The quantitative estimate of drug-likeness (QED) is 0.744. The Morgan fingerprint density at radius 1 is 1.42 bits per heavy atom. The summed E-state index contributed by atoms with van der Waals surface area (Å²) in [6.07, 6.45) is 0.666. The molecule has 0 aromatic heterocycles. The Morgan fingerprint density at radius 2 is 2.11 bits per heavy atom. The van der Waals surface area contributed by atoms with E-state index < -0.39 is 11.3 Å². The highest BCUT2D eigenvalue weighted by molar-refractivity contribution is 5.88. The van der Waals surface area contributed by atoms with Gasteiger partial charge in [0.05, 0.1) is 5.41 Å². The van der Waals surface area contributed by atoms with Crippen LogP contribution in [-0.2, 0) is 16.0 Å². The minimum Gasteiger partial charge on any atom is -0.373 e. The van der Waals surface area contributed by atoms with Gasteiger partial charge >= 0.3 is 0 Å². The molecule has 2 rings (SSSR count). The van der Waals surface area contributed by atoms with Crippen molar-refractivity contribution in [3.05, 3.63) is 29.8 Å². The molecule has 0 fully saturated rings. The van der Waals surface area contributed by atoms with Crippen molar-refractivity contribution in [2.75, 3.05) is 11.9 Å². The number of benzene rings is 1. The Hall–Kier alpha value is -2.04. The summed E-state index contributed by atoms with van der Waals surface area (Å²) in [5.41, 5.74) is 6.67. The molecule has 1 aliphatic heterocycles. The van der Waals surface area contributed by atoms with E-state index in [1.165, 1.54) is 0 Å². The van der Waals surface area contributed by atoms with Crippen molar-refractivity contribution >= 4 is 17.5 Å². The number of para-hydroxylation sites is 1. The summed E-state index contributed by atoms with van der Waals surface area (Å²) >= 11 is 0. The van der Waals surface area contributed by atoms with E-state index in [0.717, 1.165) is 11.3 Å². The standard InChI is InChI=1S/C14H19N3O2/c1-14(2,13(15)19)8-16-12(18)11-7-9-5-3-4-6-10(9)17-11/h3-6,11,17H,7-8H2,1-2H3,(H2,15,19)(H,16,18)/t11-/m0/s1. The number of nitrogens with one attached hydrogen (secondary N) is 2. The molecule has 0 radical (unpaired) electrons. The molecule has 0 saturated carbocycles. The van der Waals surface area contributed by atoms with E-state index in [2.05, 4.69) is 10.6 Å². The van der Waals surface area contributed by atoms with Crippen molar-refractivity contribution in [2.24, 2.45) is 11.1 Å². The summed E-state index contributed by atoms with van der Waals surface area (Å²) in [4.78, 5) is 23.2. The SMILES string of the molecule is CC(C)(CNC(=O)[C@@H]1Cc2ccccc2N1)C(N)=O. The zero-order valence-corrected chi connectivity index (χ0v) is 11.2. The maximum absolute atomic E-state index is 12.1. The lowest BCUT2D eigenvalue weighted by Gasteiger charge is -2.22. The van der Waals surface area contributed by atoms with Gasteiger partial charge in [0, 0.05) is 18.7 Å². The van der Waals surface area contributed by atoms with Gasteiger partial charge in [0.2, 0.25) is 11.8 Å². The van der Waals surface area contributed by atoms with E-state index in [0.29, 0.717) is 6.42 Å². The van der Waals surface area contributed by atoms with Crippen LogP contribution in [0.15, 0.2) is 24.3 Å². The first-order chi connectivity index (χ1) is 8.90. The molecule has 0 aliphatic carbocycles. The molecule has 0 spiro atoms. The molecule has 4 N–H and O–H groups in total. The molecule has 1 aromatic rings. The summed E-state index contributed by atoms with van der Waals surface area (Å²) in [6.45, 7) is 3.68. The Labute approximate surface area is 112 Å². The van der Waals surface area contributed by atoms with E-state index in [9.17, 15) is 9.59 Å². The Bertz CT molecular complexity index is 486. The Kier molecular flexibility index (Phi) is 3.46. The van der Waals surface area contributed by atoms with E-state index in [1.807, 2.05) is 24.3 Å². The van der Waals surface area contributed by atoms with E-state index in [-0.39, 0.29) is 18.5 Å². The summed E-state index contributed by atoms with van der Waals surface area (Å²) in [5, 5.41) is 5.95. The summed E-state index contributed by atoms with van der Waals surface area (Å²) < 4.78 is 0. The second kappa shape index (κ2) is 4.91. The lowest BCUT2D eigenvalue weighted by molar-refractivity contribution is -0.127. The first kappa shape index (κ1) is 13.4. The summed E-state index contributed by atoms with van der Waals surface area (Å²) in [7, 11) is 0. The number of amides is 2. The normalized spacial score (nSPS) is 17.5. The predicted octanol–water partition coefficient (Wildman–Crippen LogP) is 0.651. The topological polar surface area (TPSA) is 84.2 Å². The second-order valence-corrected chi connectivity index (χ2v) is 5.52. The molecule has 19 heavy (non-hydrogen) atoms. The van der Waals surface area contributed by atoms with Crippen LogP contribution >= 0.6 is 0 Å². The van der Waals surface area contributed by atoms with Crippen molar-refractivity contribution in [3.8, 4) is 0 Å². The molecule has 5 heteroatoms.